The summed E-state index contributed by atoms with van der Waals surface area (Å²) in [5, 5.41) is 2.80. The number of carbonyl (C=O) groups is 1. The van der Waals surface area contributed by atoms with Gasteiger partial charge in [0.25, 0.3) is 0 Å². The summed E-state index contributed by atoms with van der Waals surface area (Å²) in [5.74, 6) is 0.763. The van der Waals surface area contributed by atoms with Crippen molar-refractivity contribution in [2.75, 3.05) is 13.3 Å². The van der Waals surface area contributed by atoms with Crippen LogP contribution in [0.1, 0.15) is 23.6 Å². The lowest BCUT2D eigenvalue weighted by atomic mass is 10.1. The van der Waals surface area contributed by atoms with E-state index in [0.29, 0.717) is 13.1 Å². The summed E-state index contributed by atoms with van der Waals surface area (Å²) in [6.07, 6.45) is 0. The molecule has 0 fully saturated rings. The van der Waals surface area contributed by atoms with Gasteiger partial charge < -0.3 is 15.0 Å². The molecule has 0 radical (unpaired) electrons. The van der Waals surface area contributed by atoms with Crippen LogP contribution in [0.4, 0.5) is 4.79 Å². The lowest BCUT2D eigenvalue weighted by Gasteiger charge is -2.21. The van der Waals surface area contributed by atoms with Gasteiger partial charge in [-0.25, -0.2) is 4.79 Å². The zero-order valence-electron chi connectivity index (χ0n) is 14.0. The van der Waals surface area contributed by atoms with Gasteiger partial charge in [-0.05, 0) is 49.6 Å². The average Bonchev–Trinajstić information content (AvgIpc) is 2.56. The molecular weight excluding hydrogens is 288 g/mol. The first-order valence-electron chi connectivity index (χ1n) is 7.87. The summed E-state index contributed by atoms with van der Waals surface area (Å²) in [7, 11) is 0. The zero-order valence-corrected chi connectivity index (χ0v) is 14.0. The van der Waals surface area contributed by atoms with Crippen LogP contribution >= 0.6 is 0 Å². The van der Waals surface area contributed by atoms with Crippen molar-refractivity contribution in [2.24, 2.45) is 0 Å². The Morgan fingerprint density at radius 3 is 2.48 bits per heavy atom. The van der Waals surface area contributed by atoms with Gasteiger partial charge in [-0.15, -0.1) is 0 Å². The number of nitrogens with one attached hydrogen (secondary N) is 1. The van der Waals surface area contributed by atoms with Crippen LogP contribution in [0, 0.1) is 13.8 Å². The van der Waals surface area contributed by atoms with Gasteiger partial charge >= 0.3 is 6.03 Å². The van der Waals surface area contributed by atoms with E-state index in [1.54, 1.807) is 4.90 Å². The molecule has 0 aromatic heterocycles. The van der Waals surface area contributed by atoms with Crippen LogP contribution in [-0.4, -0.2) is 24.2 Å². The van der Waals surface area contributed by atoms with Gasteiger partial charge in [-0.1, -0.05) is 36.4 Å². The molecule has 0 bridgehead atoms. The molecule has 0 heterocycles. The van der Waals surface area contributed by atoms with Gasteiger partial charge in [0.15, 0.2) is 6.73 Å². The predicted octanol–water partition coefficient (Wildman–Crippen LogP) is 3.87. The van der Waals surface area contributed by atoms with Crippen LogP contribution in [0.15, 0.2) is 48.5 Å². The SMILES string of the molecule is CCN(Cc1ccccc1)C(=O)NCOc1ccc(C)c(C)c1. The molecule has 2 aromatic carbocycles. The minimum atomic E-state index is -0.125. The first-order chi connectivity index (χ1) is 11.1. The minimum Gasteiger partial charge on any atom is -0.473 e. The molecule has 1 N–H and O–H groups in total. The fourth-order valence-corrected chi connectivity index (χ4v) is 2.23. The van der Waals surface area contributed by atoms with Crippen LogP contribution in [0.5, 0.6) is 5.75 Å². The summed E-state index contributed by atoms with van der Waals surface area (Å²) in [5.41, 5.74) is 3.51. The number of benzene rings is 2. The number of nitrogens with zero attached hydrogens (tertiary/aromatic N) is 1. The molecule has 0 spiro atoms. The molecule has 0 aliphatic carbocycles. The van der Waals surface area contributed by atoms with Crippen LogP contribution in [0.25, 0.3) is 0 Å². The van der Waals surface area contributed by atoms with Crippen molar-refractivity contribution in [3.63, 3.8) is 0 Å². The Kier molecular flexibility index (Phi) is 6.03. The van der Waals surface area contributed by atoms with Crippen LogP contribution in [-0.2, 0) is 6.54 Å². The minimum absolute atomic E-state index is 0.125. The van der Waals surface area contributed by atoms with Crippen molar-refractivity contribution in [1.82, 2.24) is 10.2 Å². The molecule has 0 saturated heterocycles. The van der Waals surface area contributed by atoms with Gasteiger partial charge in [-0.2, -0.15) is 0 Å². The van der Waals surface area contributed by atoms with E-state index in [0.717, 1.165) is 11.3 Å². The number of ether oxygens (including phenoxy) is 1. The highest BCUT2D eigenvalue weighted by molar-refractivity contribution is 5.74. The van der Waals surface area contributed by atoms with Crippen molar-refractivity contribution in [3.8, 4) is 5.75 Å². The van der Waals surface area contributed by atoms with E-state index >= 15 is 0 Å². The summed E-state index contributed by atoms with van der Waals surface area (Å²) >= 11 is 0. The molecular formula is C19H24N2O2. The van der Waals surface area contributed by atoms with Crippen LogP contribution in [0.3, 0.4) is 0 Å². The Morgan fingerprint density at radius 2 is 1.83 bits per heavy atom. The van der Waals surface area contributed by atoms with E-state index in [9.17, 15) is 4.79 Å². The van der Waals surface area contributed by atoms with Gasteiger partial charge in [-0.3, -0.25) is 0 Å². The second kappa shape index (κ2) is 8.22. The number of hydrogen-bond donors (Lipinski definition) is 1. The van der Waals surface area contributed by atoms with Gasteiger partial charge in [0.05, 0.1) is 0 Å². The lowest BCUT2D eigenvalue weighted by Crippen LogP contribution is -2.41. The third-order valence-electron chi connectivity index (χ3n) is 3.83. The summed E-state index contributed by atoms with van der Waals surface area (Å²) in [4.78, 5) is 14.0. The van der Waals surface area contributed by atoms with Gasteiger partial charge in [0.1, 0.15) is 5.75 Å². The molecule has 23 heavy (non-hydrogen) atoms. The summed E-state index contributed by atoms with van der Waals surface area (Å²) in [6.45, 7) is 7.46. The van der Waals surface area contributed by atoms with E-state index in [-0.39, 0.29) is 12.8 Å². The maximum absolute atomic E-state index is 12.2. The molecule has 2 aromatic rings. The predicted molar refractivity (Wildman–Crippen MR) is 92.5 cm³/mol. The first-order valence-corrected chi connectivity index (χ1v) is 7.87. The second-order valence-electron chi connectivity index (χ2n) is 5.52. The van der Waals surface area contributed by atoms with E-state index in [1.165, 1.54) is 11.1 Å². The molecule has 0 saturated carbocycles. The number of rotatable bonds is 6. The molecule has 2 amide bonds. The molecule has 0 unspecified atom stereocenters. The second-order valence-corrected chi connectivity index (χ2v) is 5.52. The standard InChI is InChI=1S/C19H24N2O2/c1-4-21(13-17-8-6-5-7-9-17)19(22)20-14-23-18-11-10-15(2)16(3)12-18/h5-12H,4,13-14H2,1-3H3,(H,20,22). The Hall–Kier alpha value is -2.49. The Labute approximate surface area is 138 Å². The summed E-state index contributed by atoms with van der Waals surface area (Å²) in [6, 6.07) is 15.7. The van der Waals surface area contributed by atoms with Crippen molar-refractivity contribution < 1.29 is 9.53 Å². The van der Waals surface area contributed by atoms with Gasteiger partial charge in [0, 0.05) is 13.1 Å². The maximum atomic E-state index is 12.2. The summed E-state index contributed by atoms with van der Waals surface area (Å²) < 4.78 is 5.60. The molecule has 0 aliphatic rings. The molecule has 2 rings (SSSR count). The van der Waals surface area contributed by atoms with Crippen LogP contribution < -0.4 is 10.1 Å². The van der Waals surface area contributed by atoms with Crippen molar-refractivity contribution in [3.05, 3.63) is 65.2 Å². The van der Waals surface area contributed by atoms with E-state index in [1.807, 2.05) is 62.4 Å². The Morgan fingerprint density at radius 1 is 1.09 bits per heavy atom. The number of urea groups is 1. The molecule has 0 aliphatic heterocycles. The van der Waals surface area contributed by atoms with E-state index in [2.05, 4.69) is 12.2 Å². The zero-order chi connectivity index (χ0) is 16.7. The highest BCUT2D eigenvalue weighted by Gasteiger charge is 2.11. The van der Waals surface area contributed by atoms with Gasteiger partial charge in [0.2, 0.25) is 0 Å². The Balaban J connectivity index is 1.83. The Bertz CT molecular complexity index is 641. The molecule has 4 heteroatoms. The third kappa shape index (κ3) is 5.02. The molecule has 4 nitrogen and oxygen atoms in total. The van der Waals surface area contributed by atoms with Crippen molar-refractivity contribution >= 4 is 6.03 Å². The lowest BCUT2D eigenvalue weighted by molar-refractivity contribution is 0.184. The quantitative estimate of drug-likeness (QED) is 0.823. The number of carbonyl (C=O) groups excluding carboxylic acids is 1. The number of hydrogen-bond acceptors (Lipinski definition) is 2. The van der Waals surface area contributed by atoms with E-state index < -0.39 is 0 Å². The van der Waals surface area contributed by atoms with Crippen molar-refractivity contribution in [1.29, 1.82) is 0 Å². The third-order valence-corrected chi connectivity index (χ3v) is 3.83. The molecule has 122 valence electrons. The molecule has 0 atom stereocenters. The van der Waals surface area contributed by atoms with E-state index in [4.69, 9.17) is 4.74 Å². The topological polar surface area (TPSA) is 41.6 Å². The first kappa shape index (κ1) is 16.9. The highest BCUT2D eigenvalue weighted by atomic mass is 16.5. The maximum Gasteiger partial charge on any atom is 0.320 e. The van der Waals surface area contributed by atoms with Crippen LogP contribution in [0.2, 0.25) is 0 Å². The largest absolute Gasteiger partial charge is 0.473 e. The fraction of sp³-hybridized carbons (Fsp3) is 0.316. The monoisotopic (exact) mass is 312 g/mol. The fourth-order valence-electron chi connectivity index (χ4n) is 2.23. The normalized spacial score (nSPS) is 10.2. The average molecular weight is 312 g/mol. The van der Waals surface area contributed by atoms with Crippen molar-refractivity contribution in [2.45, 2.75) is 27.3 Å². The smallest absolute Gasteiger partial charge is 0.320 e. The number of aryl methyl sites for hydroxylation is 2. The highest BCUT2D eigenvalue weighted by Crippen LogP contribution is 2.16. The number of amides is 2.